The van der Waals surface area contributed by atoms with Gasteiger partial charge in [0.15, 0.2) is 5.60 Å². The third-order valence-electron chi connectivity index (χ3n) is 3.56. The predicted octanol–water partition coefficient (Wildman–Crippen LogP) is 1.81. The Labute approximate surface area is 121 Å². The molecule has 5 nitrogen and oxygen atoms in total. The number of guanidine groups is 1. The van der Waals surface area contributed by atoms with Crippen LogP contribution in [0.5, 0.6) is 0 Å². The van der Waals surface area contributed by atoms with Gasteiger partial charge in [-0.25, -0.2) is 5.11 Å². The van der Waals surface area contributed by atoms with Gasteiger partial charge in [-0.1, -0.05) is 30.3 Å². The first-order valence-electron chi connectivity index (χ1n) is 6.22. The van der Waals surface area contributed by atoms with Crippen molar-refractivity contribution in [2.45, 2.75) is 5.60 Å². The molecule has 1 aliphatic carbocycles. The van der Waals surface area contributed by atoms with E-state index in [0.29, 0.717) is 11.1 Å². The van der Waals surface area contributed by atoms with Gasteiger partial charge in [-0.05, 0) is 35.7 Å². The monoisotopic (exact) mass is 275 g/mol. The second-order valence-corrected chi connectivity index (χ2v) is 4.85. The van der Waals surface area contributed by atoms with Crippen molar-refractivity contribution in [3.63, 3.8) is 0 Å². The summed E-state index contributed by atoms with van der Waals surface area (Å²) >= 11 is 0. The Morgan fingerprint density at radius 3 is 2.43 bits per heavy atom. The number of amides is 1. The number of aliphatic imine (C=N–C) groups is 1. The SMILES string of the molecule is [CH2]C1([O])c2ccccc2-c2ccc(C(=O)N=C([N])[N])cc21. The molecule has 0 aliphatic heterocycles. The molecule has 6 radical (unpaired) electrons. The summed E-state index contributed by atoms with van der Waals surface area (Å²) in [6.45, 7) is 3.71. The van der Waals surface area contributed by atoms with Crippen LogP contribution in [0.25, 0.3) is 11.1 Å². The Morgan fingerprint density at radius 1 is 1.05 bits per heavy atom. The van der Waals surface area contributed by atoms with Gasteiger partial charge in [0.1, 0.15) is 0 Å². The van der Waals surface area contributed by atoms with Gasteiger partial charge in [-0.3, -0.25) is 4.79 Å². The highest BCUT2D eigenvalue weighted by molar-refractivity contribution is 6.02. The number of nitrogens with zero attached hydrogens (tertiary/aromatic N) is 3. The summed E-state index contributed by atoms with van der Waals surface area (Å²) in [7, 11) is 0. The molecular formula is C16H9N3O2. The molecule has 100 valence electrons. The molecule has 0 fully saturated rings. The molecule has 5 heteroatoms. The predicted molar refractivity (Wildman–Crippen MR) is 74.7 cm³/mol. The summed E-state index contributed by atoms with van der Waals surface area (Å²) in [5.74, 6) is -2.14. The first-order chi connectivity index (χ1) is 9.91. The van der Waals surface area contributed by atoms with Crippen LogP contribution >= 0.6 is 0 Å². The molecule has 3 rings (SSSR count). The van der Waals surface area contributed by atoms with E-state index in [9.17, 15) is 9.90 Å². The second-order valence-electron chi connectivity index (χ2n) is 4.85. The van der Waals surface area contributed by atoms with Crippen molar-refractivity contribution >= 4 is 11.9 Å². The lowest BCUT2D eigenvalue weighted by Crippen LogP contribution is -2.18. The van der Waals surface area contributed by atoms with Crippen molar-refractivity contribution in [2.75, 3.05) is 0 Å². The molecule has 1 atom stereocenters. The molecule has 0 heterocycles. The van der Waals surface area contributed by atoms with Crippen LogP contribution in [-0.4, -0.2) is 11.9 Å². The summed E-state index contributed by atoms with van der Waals surface area (Å²) in [5.41, 5.74) is 18.1. The zero-order valence-corrected chi connectivity index (χ0v) is 10.9. The van der Waals surface area contributed by atoms with Crippen LogP contribution < -0.4 is 11.5 Å². The fraction of sp³-hybridized carbons (Fsp3) is 0.0625. The summed E-state index contributed by atoms with van der Waals surface area (Å²) < 4.78 is 0. The van der Waals surface area contributed by atoms with E-state index >= 15 is 0 Å². The number of benzene rings is 2. The maximum atomic E-state index is 12.8. The molecule has 1 unspecified atom stereocenters. The van der Waals surface area contributed by atoms with E-state index in [0.717, 1.165) is 11.1 Å². The van der Waals surface area contributed by atoms with E-state index < -0.39 is 17.5 Å². The van der Waals surface area contributed by atoms with Crippen molar-refractivity contribution in [3.8, 4) is 11.1 Å². The van der Waals surface area contributed by atoms with E-state index in [1.54, 1.807) is 18.2 Å². The smallest absolute Gasteiger partial charge is 0.267 e. The highest BCUT2D eigenvalue weighted by atomic mass is 16.3. The van der Waals surface area contributed by atoms with Gasteiger partial charge >= 0.3 is 0 Å². The molecule has 21 heavy (non-hydrogen) atoms. The summed E-state index contributed by atoms with van der Waals surface area (Å²) in [6.07, 6.45) is 0. The number of carbonyl (C=O) groups is 1. The Hall–Kier alpha value is -2.66. The molecule has 1 amide bonds. The number of rotatable bonds is 1. The molecule has 0 bridgehead atoms. The van der Waals surface area contributed by atoms with Crippen molar-refractivity contribution in [1.82, 2.24) is 11.5 Å². The Kier molecular flexibility index (Phi) is 2.81. The largest absolute Gasteiger partial charge is 0.291 e. The zero-order chi connectivity index (χ0) is 15.2. The minimum absolute atomic E-state index is 0.103. The Morgan fingerprint density at radius 2 is 1.71 bits per heavy atom. The normalized spacial score (nSPS) is 18.8. The maximum Gasteiger partial charge on any atom is 0.291 e. The Balaban J connectivity index is 2.16. The van der Waals surface area contributed by atoms with Crippen LogP contribution in [0, 0.1) is 6.92 Å². The minimum Gasteiger partial charge on any atom is -0.267 e. The maximum absolute atomic E-state index is 12.8. The van der Waals surface area contributed by atoms with Crippen molar-refractivity contribution in [1.29, 1.82) is 0 Å². The van der Waals surface area contributed by atoms with E-state index in [-0.39, 0.29) is 5.56 Å². The summed E-state index contributed by atoms with van der Waals surface area (Å²) in [6, 6.07) is 11.7. The molecule has 2 aromatic carbocycles. The fourth-order valence-corrected chi connectivity index (χ4v) is 2.62. The van der Waals surface area contributed by atoms with Gasteiger partial charge in [-0.2, -0.15) is 4.99 Å². The van der Waals surface area contributed by atoms with Crippen LogP contribution in [0.3, 0.4) is 0 Å². The number of hydrogen-bond donors (Lipinski definition) is 0. The van der Waals surface area contributed by atoms with Gasteiger partial charge < -0.3 is 0 Å². The Bertz CT molecular complexity index is 775. The number of fused-ring (bicyclic) bond motifs is 3. The third kappa shape index (κ3) is 1.98. The highest BCUT2D eigenvalue weighted by Gasteiger charge is 2.39. The van der Waals surface area contributed by atoms with Crippen molar-refractivity contribution in [3.05, 3.63) is 66.1 Å². The average Bonchev–Trinajstić information content (AvgIpc) is 2.67. The molecule has 0 saturated heterocycles. The molecular weight excluding hydrogens is 266 g/mol. The van der Waals surface area contributed by atoms with Gasteiger partial charge in [0.05, 0.1) is 0 Å². The minimum atomic E-state index is -1.70. The summed E-state index contributed by atoms with van der Waals surface area (Å²) in [5, 5.41) is 12.8. The first kappa shape index (κ1) is 13.3. The average molecular weight is 275 g/mol. The lowest BCUT2D eigenvalue weighted by molar-refractivity contribution is 0.0498. The topological polar surface area (TPSA) is 93.9 Å². The molecule has 2 aromatic rings. The van der Waals surface area contributed by atoms with E-state index in [1.165, 1.54) is 12.1 Å². The fourth-order valence-electron chi connectivity index (χ4n) is 2.62. The van der Waals surface area contributed by atoms with Crippen LogP contribution in [0.4, 0.5) is 0 Å². The third-order valence-corrected chi connectivity index (χ3v) is 3.56. The van der Waals surface area contributed by atoms with Gasteiger partial charge in [0, 0.05) is 11.1 Å². The van der Waals surface area contributed by atoms with Crippen molar-refractivity contribution < 1.29 is 9.90 Å². The quantitative estimate of drug-likeness (QED) is 0.576. The summed E-state index contributed by atoms with van der Waals surface area (Å²) in [4.78, 5) is 14.7. The van der Waals surface area contributed by atoms with Crippen LogP contribution in [0.1, 0.15) is 21.5 Å². The van der Waals surface area contributed by atoms with Gasteiger partial charge in [0.2, 0.25) is 0 Å². The van der Waals surface area contributed by atoms with Gasteiger partial charge in [-0.15, -0.1) is 11.5 Å². The van der Waals surface area contributed by atoms with Crippen LogP contribution in [0.15, 0.2) is 47.5 Å². The highest BCUT2D eigenvalue weighted by Crippen LogP contribution is 2.47. The van der Waals surface area contributed by atoms with Crippen LogP contribution in [-0.2, 0) is 10.7 Å². The van der Waals surface area contributed by atoms with E-state index in [1.807, 2.05) is 12.1 Å². The standard InChI is InChI=1S/C16H9N3O2/c1-16(21)12-5-3-2-4-10(12)11-7-6-9(8-13(11)16)14(20)19-15(17)18/h2-8H,1H2. The van der Waals surface area contributed by atoms with Crippen molar-refractivity contribution in [2.24, 2.45) is 4.99 Å². The number of hydrogen-bond acceptors (Lipinski definition) is 1. The lowest BCUT2D eigenvalue weighted by Gasteiger charge is -2.16. The molecule has 0 saturated carbocycles. The molecule has 0 aromatic heterocycles. The molecule has 1 aliphatic rings. The second kappa shape index (κ2) is 4.43. The first-order valence-corrected chi connectivity index (χ1v) is 6.22. The van der Waals surface area contributed by atoms with Gasteiger partial charge in [0.25, 0.3) is 11.9 Å². The molecule has 0 spiro atoms. The lowest BCUT2D eigenvalue weighted by atomic mass is 9.93. The zero-order valence-electron chi connectivity index (χ0n) is 10.9. The van der Waals surface area contributed by atoms with Crippen LogP contribution in [0.2, 0.25) is 0 Å². The van der Waals surface area contributed by atoms with E-state index in [2.05, 4.69) is 11.9 Å². The molecule has 0 N–H and O–H groups in total. The van der Waals surface area contributed by atoms with E-state index in [4.69, 9.17) is 11.5 Å². The number of carbonyl (C=O) groups excluding carboxylic acids is 1.